The molecule has 0 bridgehead atoms. The minimum absolute atomic E-state index is 0. The van der Waals surface area contributed by atoms with Crippen molar-refractivity contribution in [3.8, 4) is 0 Å². The first-order valence-corrected chi connectivity index (χ1v) is 7.50. The van der Waals surface area contributed by atoms with Gasteiger partial charge in [0.15, 0.2) is 0 Å². The molecule has 0 aliphatic rings. The van der Waals surface area contributed by atoms with Crippen molar-refractivity contribution >= 4 is 0 Å². The molecule has 21 heavy (non-hydrogen) atoms. The summed E-state index contributed by atoms with van der Waals surface area (Å²) in [5.74, 6) is 0. The van der Waals surface area contributed by atoms with Crippen molar-refractivity contribution in [3.63, 3.8) is 0 Å². The van der Waals surface area contributed by atoms with Crippen LogP contribution >= 0.6 is 0 Å². The number of rotatable bonds is 0. The van der Waals surface area contributed by atoms with Crippen LogP contribution in [0.15, 0.2) is 0 Å². The van der Waals surface area contributed by atoms with E-state index in [2.05, 4.69) is 69.2 Å². The summed E-state index contributed by atoms with van der Waals surface area (Å²) in [5.41, 5.74) is 14.7. The summed E-state index contributed by atoms with van der Waals surface area (Å²) < 4.78 is 0. The molecule has 0 saturated carbocycles. The Morgan fingerprint density at radius 1 is 0.429 bits per heavy atom. The van der Waals surface area contributed by atoms with Gasteiger partial charge in [-0.2, -0.15) is 55.6 Å². The van der Waals surface area contributed by atoms with E-state index in [-0.39, 0.29) is 32.7 Å². The van der Waals surface area contributed by atoms with E-state index in [4.69, 9.17) is 0 Å². The van der Waals surface area contributed by atoms with Crippen molar-refractivity contribution in [2.24, 2.45) is 0 Å². The topological polar surface area (TPSA) is 0 Å². The maximum Gasteiger partial charge on any atom is 0 e. The molecule has 1 radical (unpaired) electrons. The van der Waals surface area contributed by atoms with E-state index in [1.807, 2.05) is 0 Å². The Morgan fingerprint density at radius 3 is 0.619 bits per heavy atom. The first kappa shape index (κ1) is 20.8. The van der Waals surface area contributed by atoms with E-state index >= 15 is 0 Å². The van der Waals surface area contributed by atoms with Gasteiger partial charge >= 0.3 is 0 Å². The minimum Gasteiger partial charge on any atom is -0.196 e. The van der Waals surface area contributed by atoms with E-state index in [1.54, 1.807) is 0 Å². The molecular formula is C20H30Y-2. The van der Waals surface area contributed by atoms with Gasteiger partial charge in [0.05, 0.1) is 0 Å². The second-order valence-electron chi connectivity index (χ2n) is 6.25. The van der Waals surface area contributed by atoms with Gasteiger partial charge < -0.3 is 0 Å². The van der Waals surface area contributed by atoms with Gasteiger partial charge in [-0.05, 0) is 0 Å². The summed E-state index contributed by atoms with van der Waals surface area (Å²) >= 11 is 0. The average Bonchev–Trinajstić information content (AvgIpc) is 2.71. The fourth-order valence-corrected chi connectivity index (χ4v) is 2.81. The Morgan fingerprint density at radius 2 is 0.571 bits per heavy atom. The monoisotopic (exact) mass is 359 g/mol. The van der Waals surface area contributed by atoms with Gasteiger partial charge in [0.1, 0.15) is 0 Å². The molecule has 0 heterocycles. The number of hydrogen-bond donors (Lipinski definition) is 0. The van der Waals surface area contributed by atoms with Gasteiger partial charge in [0, 0.05) is 32.7 Å². The smallest absolute Gasteiger partial charge is 0 e. The summed E-state index contributed by atoms with van der Waals surface area (Å²) in [6, 6.07) is 0. The van der Waals surface area contributed by atoms with Crippen molar-refractivity contribution in [2.45, 2.75) is 69.2 Å². The fourth-order valence-electron chi connectivity index (χ4n) is 2.81. The fraction of sp³-hybridized carbons (Fsp3) is 0.500. The van der Waals surface area contributed by atoms with Crippen LogP contribution in [0.4, 0.5) is 0 Å². The summed E-state index contributed by atoms with van der Waals surface area (Å²) in [5, 5.41) is 0. The Kier molecular flexibility index (Phi) is 7.81. The van der Waals surface area contributed by atoms with Gasteiger partial charge in [-0.15, -0.1) is 0 Å². The Bertz CT molecular complexity index is 404. The molecule has 2 aromatic carbocycles. The quantitative estimate of drug-likeness (QED) is 0.514. The van der Waals surface area contributed by atoms with Crippen LogP contribution < -0.4 is 0 Å². The standard InChI is InChI=1S/2C10H15.Y/c2*1-6-7(2)9(4)10(5)8(6)3;/h2*1-5H3;/q2*-1;. The molecule has 0 aromatic heterocycles. The second-order valence-corrected chi connectivity index (χ2v) is 6.25. The van der Waals surface area contributed by atoms with Gasteiger partial charge in [0.2, 0.25) is 0 Å². The molecule has 0 amide bonds. The third-order valence-corrected chi connectivity index (χ3v) is 5.62. The Hall–Kier alpha value is -0.196. The molecule has 0 aliphatic carbocycles. The Labute approximate surface area is 157 Å². The van der Waals surface area contributed by atoms with Crippen molar-refractivity contribution in [3.05, 3.63) is 55.6 Å². The third-order valence-electron chi connectivity index (χ3n) is 5.62. The predicted octanol–water partition coefficient (Wildman–Crippen LogP) is 5.89. The summed E-state index contributed by atoms with van der Waals surface area (Å²) in [6.45, 7) is 22.0. The van der Waals surface area contributed by atoms with Crippen LogP contribution in [0.2, 0.25) is 0 Å². The molecule has 0 nitrogen and oxygen atoms in total. The molecule has 2 rings (SSSR count). The van der Waals surface area contributed by atoms with Gasteiger partial charge in [-0.3, -0.25) is 0 Å². The maximum absolute atomic E-state index is 2.20. The van der Waals surface area contributed by atoms with Gasteiger partial charge in [-0.1, -0.05) is 69.2 Å². The largest absolute Gasteiger partial charge is 0.196 e. The van der Waals surface area contributed by atoms with Crippen molar-refractivity contribution in [2.75, 3.05) is 0 Å². The van der Waals surface area contributed by atoms with E-state index in [9.17, 15) is 0 Å². The molecule has 0 aliphatic heterocycles. The molecular weight excluding hydrogens is 329 g/mol. The normalized spacial score (nSPS) is 10.0. The van der Waals surface area contributed by atoms with Crippen LogP contribution in [0, 0.1) is 69.2 Å². The molecule has 0 spiro atoms. The molecule has 115 valence electrons. The maximum atomic E-state index is 2.20. The van der Waals surface area contributed by atoms with Gasteiger partial charge in [0.25, 0.3) is 0 Å². The van der Waals surface area contributed by atoms with Crippen LogP contribution in [-0.2, 0) is 32.7 Å². The SMILES string of the molecule is Cc1c(C)c(C)[c-](C)c1C.Cc1c(C)c(C)[c-](C)c1C.[Y]. The van der Waals surface area contributed by atoms with E-state index in [0.717, 1.165) is 0 Å². The Balaban J connectivity index is 0.000000364. The van der Waals surface area contributed by atoms with Crippen LogP contribution in [-0.4, -0.2) is 0 Å². The molecule has 0 unspecified atom stereocenters. The van der Waals surface area contributed by atoms with Gasteiger partial charge in [-0.25, -0.2) is 0 Å². The molecule has 0 fully saturated rings. The average molecular weight is 359 g/mol. The predicted molar refractivity (Wildman–Crippen MR) is 91.4 cm³/mol. The zero-order valence-electron chi connectivity index (χ0n) is 15.6. The molecule has 0 atom stereocenters. The molecule has 0 saturated heterocycles. The second kappa shape index (κ2) is 7.88. The van der Waals surface area contributed by atoms with Crippen molar-refractivity contribution in [1.29, 1.82) is 0 Å². The van der Waals surface area contributed by atoms with E-state index in [0.29, 0.717) is 0 Å². The molecule has 0 N–H and O–H groups in total. The zero-order valence-corrected chi connectivity index (χ0v) is 18.4. The van der Waals surface area contributed by atoms with Crippen LogP contribution in [0.1, 0.15) is 55.6 Å². The van der Waals surface area contributed by atoms with Crippen LogP contribution in [0.25, 0.3) is 0 Å². The summed E-state index contributed by atoms with van der Waals surface area (Å²) in [7, 11) is 0. The first-order chi connectivity index (χ1) is 9.11. The number of hydrogen-bond acceptors (Lipinski definition) is 0. The van der Waals surface area contributed by atoms with Crippen LogP contribution in [0.3, 0.4) is 0 Å². The minimum atomic E-state index is 0. The summed E-state index contributed by atoms with van der Waals surface area (Å²) in [4.78, 5) is 0. The first-order valence-electron chi connectivity index (χ1n) is 7.50. The van der Waals surface area contributed by atoms with E-state index in [1.165, 1.54) is 55.6 Å². The van der Waals surface area contributed by atoms with Crippen molar-refractivity contribution < 1.29 is 32.7 Å². The summed E-state index contributed by atoms with van der Waals surface area (Å²) in [6.07, 6.45) is 0. The molecule has 1 heteroatoms. The zero-order chi connectivity index (χ0) is 15.8. The van der Waals surface area contributed by atoms with Crippen molar-refractivity contribution in [1.82, 2.24) is 0 Å². The third kappa shape index (κ3) is 3.96. The van der Waals surface area contributed by atoms with Crippen LogP contribution in [0.5, 0.6) is 0 Å². The molecule has 2 aromatic rings. The van der Waals surface area contributed by atoms with E-state index < -0.39 is 0 Å².